The SMILES string of the molecule is CN=C(NCc1cc2ccccc2[nH]1)NC(C)c1ccc(C)c(F)c1.I. The molecule has 0 saturated heterocycles. The summed E-state index contributed by atoms with van der Waals surface area (Å²) in [5.41, 5.74) is 3.73. The summed E-state index contributed by atoms with van der Waals surface area (Å²) in [6.45, 7) is 4.38. The van der Waals surface area contributed by atoms with Crippen molar-refractivity contribution in [3.8, 4) is 0 Å². The highest BCUT2D eigenvalue weighted by Gasteiger charge is 2.10. The first-order valence-corrected chi connectivity index (χ1v) is 8.36. The van der Waals surface area contributed by atoms with E-state index in [1.807, 2.05) is 25.1 Å². The van der Waals surface area contributed by atoms with E-state index in [-0.39, 0.29) is 35.8 Å². The first-order valence-electron chi connectivity index (χ1n) is 8.36. The minimum absolute atomic E-state index is 0. The number of aryl methyl sites for hydroxylation is 1. The largest absolute Gasteiger partial charge is 0.357 e. The number of rotatable bonds is 4. The van der Waals surface area contributed by atoms with Crippen LogP contribution < -0.4 is 10.6 Å². The van der Waals surface area contributed by atoms with Crippen molar-refractivity contribution in [3.05, 3.63) is 71.2 Å². The van der Waals surface area contributed by atoms with Crippen molar-refractivity contribution in [2.75, 3.05) is 7.05 Å². The first kappa shape index (κ1) is 20.2. The topological polar surface area (TPSA) is 52.2 Å². The number of aliphatic imine (C=N–C) groups is 1. The molecule has 3 rings (SSSR count). The number of aromatic nitrogens is 1. The van der Waals surface area contributed by atoms with E-state index in [9.17, 15) is 4.39 Å². The fourth-order valence-electron chi connectivity index (χ4n) is 2.77. The van der Waals surface area contributed by atoms with Gasteiger partial charge < -0.3 is 15.6 Å². The van der Waals surface area contributed by atoms with E-state index in [4.69, 9.17) is 0 Å². The average Bonchev–Trinajstić information content (AvgIpc) is 3.03. The van der Waals surface area contributed by atoms with Crippen LogP contribution in [0.4, 0.5) is 4.39 Å². The van der Waals surface area contributed by atoms with E-state index in [1.54, 1.807) is 26.1 Å². The van der Waals surface area contributed by atoms with E-state index < -0.39 is 0 Å². The number of aromatic amines is 1. The Bertz CT molecular complexity index is 871. The molecule has 1 unspecified atom stereocenters. The quantitative estimate of drug-likeness (QED) is 0.298. The summed E-state index contributed by atoms with van der Waals surface area (Å²) in [7, 11) is 1.73. The van der Waals surface area contributed by atoms with Gasteiger partial charge in [-0.15, -0.1) is 24.0 Å². The molecular formula is C20H24FIN4. The Kier molecular flexibility index (Phi) is 7.02. The molecule has 6 heteroatoms. The van der Waals surface area contributed by atoms with Gasteiger partial charge in [0.25, 0.3) is 0 Å². The van der Waals surface area contributed by atoms with E-state index in [1.165, 1.54) is 5.39 Å². The highest BCUT2D eigenvalue weighted by molar-refractivity contribution is 14.0. The molecule has 26 heavy (non-hydrogen) atoms. The summed E-state index contributed by atoms with van der Waals surface area (Å²) < 4.78 is 13.8. The molecule has 4 nitrogen and oxygen atoms in total. The number of nitrogens with zero attached hydrogens (tertiary/aromatic N) is 1. The van der Waals surface area contributed by atoms with E-state index in [0.717, 1.165) is 16.8 Å². The molecule has 138 valence electrons. The molecule has 0 aliphatic rings. The second kappa shape index (κ2) is 9.02. The Morgan fingerprint density at radius 3 is 2.65 bits per heavy atom. The van der Waals surface area contributed by atoms with Gasteiger partial charge in [-0.05, 0) is 48.6 Å². The number of benzene rings is 2. The van der Waals surface area contributed by atoms with Crippen LogP contribution in [0.3, 0.4) is 0 Å². The zero-order chi connectivity index (χ0) is 17.8. The van der Waals surface area contributed by atoms with E-state index >= 15 is 0 Å². The highest BCUT2D eigenvalue weighted by atomic mass is 127. The first-order chi connectivity index (χ1) is 12.1. The molecule has 0 spiro atoms. The molecule has 1 heterocycles. The number of hydrogen-bond acceptors (Lipinski definition) is 1. The predicted octanol–water partition coefficient (Wildman–Crippen LogP) is 4.66. The number of para-hydroxylation sites is 1. The van der Waals surface area contributed by atoms with E-state index in [2.05, 4.69) is 38.8 Å². The molecule has 0 radical (unpaired) electrons. The summed E-state index contributed by atoms with van der Waals surface area (Å²) in [5.74, 6) is 0.485. The Hall–Kier alpha value is -2.09. The Morgan fingerprint density at radius 2 is 1.96 bits per heavy atom. The maximum atomic E-state index is 13.8. The van der Waals surface area contributed by atoms with Crippen LogP contribution >= 0.6 is 24.0 Å². The highest BCUT2D eigenvalue weighted by Crippen LogP contribution is 2.17. The van der Waals surface area contributed by atoms with E-state index in [0.29, 0.717) is 18.1 Å². The number of guanidine groups is 1. The molecule has 0 aliphatic heterocycles. The molecule has 0 amide bonds. The third-order valence-electron chi connectivity index (χ3n) is 4.30. The van der Waals surface area contributed by atoms with Crippen LogP contribution in [0.15, 0.2) is 53.5 Å². The summed E-state index contributed by atoms with van der Waals surface area (Å²) in [4.78, 5) is 7.63. The molecule has 1 atom stereocenters. The Morgan fingerprint density at radius 1 is 1.19 bits per heavy atom. The molecule has 1 aromatic heterocycles. The number of H-pyrrole nitrogens is 1. The molecule has 0 aliphatic carbocycles. The van der Waals surface area contributed by atoms with Crippen molar-refractivity contribution in [3.63, 3.8) is 0 Å². The van der Waals surface area contributed by atoms with Crippen LogP contribution in [0.25, 0.3) is 10.9 Å². The lowest BCUT2D eigenvalue weighted by atomic mass is 10.1. The number of nitrogens with one attached hydrogen (secondary N) is 3. The van der Waals surface area contributed by atoms with Gasteiger partial charge in [-0.2, -0.15) is 0 Å². The molecule has 0 fully saturated rings. The van der Waals surface area contributed by atoms with Crippen molar-refractivity contribution < 1.29 is 4.39 Å². The van der Waals surface area contributed by atoms with Crippen LogP contribution in [-0.4, -0.2) is 18.0 Å². The number of fused-ring (bicyclic) bond motifs is 1. The van der Waals surface area contributed by atoms with Crippen LogP contribution in [0.1, 0.15) is 29.8 Å². The second-order valence-corrected chi connectivity index (χ2v) is 6.18. The summed E-state index contributed by atoms with van der Waals surface area (Å²) in [5, 5.41) is 7.77. The average molecular weight is 466 g/mol. The van der Waals surface area contributed by atoms with Gasteiger partial charge in [0.15, 0.2) is 5.96 Å². The zero-order valence-corrected chi connectivity index (χ0v) is 17.5. The van der Waals surface area contributed by atoms with Crippen LogP contribution in [0.2, 0.25) is 0 Å². The summed E-state index contributed by atoms with van der Waals surface area (Å²) >= 11 is 0. The predicted molar refractivity (Wildman–Crippen MR) is 117 cm³/mol. The maximum Gasteiger partial charge on any atom is 0.191 e. The Balaban J connectivity index is 0.00000243. The molecule has 0 bridgehead atoms. The fraction of sp³-hybridized carbons (Fsp3) is 0.250. The van der Waals surface area contributed by atoms with Gasteiger partial charge >= 0.3 is 0 Å². The monoisotopic (exact) mass is 466 g/mol. The summed E-state index contributed by atoms with van der Waals surface area (Å²) in [6, 6.07) is 15.5. The normalized spacial score (nSPS) is 12.5. The van der Waals surface area contributed by atoms with Gasteiger partial charge in [-0.1, -0.05) is 30.3 Å². The number of hydrogen-bond donors (Lipinski definition) is 3. The Labute approximate surface area is 170 Å². The van der Waals surface area contributed by atoms with Gasteiger partial charge in [-0.25, -0.2) is 4.39 Å². The third kappa shape index (κ3) is 4.75. The summed E-state index contributed by atoms with van der Waals surface area (Å²) in [6.07, 6.45) is 0. The molecule has 2 aromatic carbocycles. The second-order valence-electron chi connectivity index (χ2n) is 6.18. The van der Waals surface area contributed by atoms with Gasteiger partial charge in [0.05, 0.1) is 12.6 Å². The maximum absolute atomic E-state index is 13.8. The lowest BCUT2D eigenvalue weighted by Gasteiger charge is -2.18. The van der Waals surface area contributed by atoms with Crippen molar-refractivity contribution in [1.29, 1.82) is 0 Å². The minimum atomic E-state index is -0.188. The molecule has 3 aromatic rings. The van der Waals surface area contributed by atoms with Gasteiger partial charge in [0, 0.05) is 18.3 Å². The lowest BCUT2D eigenvalue weighted by Crippen LogP contribution is -2.38. The van der Waals surface area contributed by atoms with Crippen molar-refractivity contribution >= 4 is 40.8 Å². The minimum Gasteiger partial charge on any atom is -0.357 e. The smallest absolute Gasteiger partial charge is 0.191 e. The molecule has 0 saturated carbocycles. The number of halogens is 2. The van der Waals surface area contributed by atoms with Gasteiger partial charge in [0.2, 0.25) is 0 Å². The van der Waals surface area contributed by atoms with Crippen LogP contribution in [0.5, 0.6) is 0 Å². The fourth-order valence-corrected chi connectivity index (χ4v) is 2.77. The van der Waals surface area contributed by atoms with Crippen LogP contribution in [-0.2, 0) is 6.54 Å². The third-order valence-corrected chi connectivity index (χ3v) is 4.30. The zero-order valence-electron chi connectivity index (χ0n) is 15.1. The molecule has 3 N–H and O–H groups in total. The lowest BCUT2D eigenvalue weighted by molar-refractivity contribution is 0.607. The molecular weight excluding hydrogens is 442 g/mol. The van der Waals surface area contributed by atoms with Crippen LogP contribution in [0, 0.1) is 12.7 Å². The van der Waals surface area contributed by atoms with Crippen molar-refractivity contribution in [2.24, 2.45) is 4.99 Å². The van der Waals surface area contributed by atoms with Crippen molar-refractivity contribution in [2.45, 2.75) is 26.4 Å². The standard InChI is InChI=1S/C20H23FN4.HI/c1-13-8-9-15(11-18(13)21)14(2)24-20(22-3)23-12-17-10-16-6-4-5-7-19(16)25-17;/h4-11,14,25H,12H2,1-3H3,(H2,22,23,24);1H. The van der Waals surface area contributed by atoms with Crippen molar-refractivity contribution in [1.82, 2.24) is 15.6 Å². The van der Waals surface area contributed by atoms with Gasteiger partial charge in [0.1, 0.15) is 5.82 Å². The van der Waals surface area contributed by atoms with Gasteiger partial charge in [-0.3, -0.25) is 4.99 Å².